The van der Waals surface area contributed by atoms with E-state index in [9.17, 15) is 14.9 Å². The number of carbonyl (C=O) groups excluding carboxylic acids is 1. The van der Waals surface area contributed by atoms with Crippen LogP contribution in [0, 0.1) is 28.5 Å². The molecule has 0 aliphatic heterocycles. The Labute approximate surface area is 259 Å². The van der Waals surface area contributed by atoms with Crippen LogP contribution in [0.2, 0.25) is 5.02 Å². The number of hydrogen-bond donors (Lipinski definition) is 3. The SMILES string of the molecule is CCOC(=O)C(=N)/C(=C(\Nc1cnc(N(C)C)nc1OC)C(C)C)C(Nc1cc(Cl)cn(C)c1=O)c1ccc(C#N)c(F)c1. The van der Waals surface area contributed by atoms with Crippen molar-refractivity contribution in [1.82, 2.24) is 14.5 Å². The number of hydrogen-bond acceptors (Lipinski definition) is 11. The van der Waals surface area contributed by atoms with Gasteiger partial charge >= 0.3 is 5.97 Å². The van der Waals surface area contributed by atoms with E-state index < -0.39 is 35.0 Å². The molecule has 0 bridgehead atoms. The highest BCUT2D eigenvalue weighted by Crippen LogP contribution is 2.35. The molecule has 2 aromatic heterocycles. The van der Waals surface area contributed by atoms with E-state index in [1.165, 1.54) is 49.3 Å². The summed E-state index contributed by atoms with van der Waals surface area (Å²) in [5.74, 6) is -1.61. The van der Waals surface area contributed by atoms with Gasteiger partial charge in [-0.1, -0.05) is 31.5 Å². The number of halogens is 2. The van der Waals surface area contributed by atoms with Crippen LogP contribution in [-0.2, 0) is 16.6 Å². The summed E-state index contributed by atoms with van der Waals surface area (Å²) in [6, 6.07) is 5.84. The van der Waals surface area contributed by atoms with E-state index >= 15 is 4.39 Å². The van der Waals surface area contributed by atoms with Gasteiger partial charge in [0.05, 0.1) is 36.5 Å². The fraction of sp³-hybridized carbons (Fsp3) is 0.333. The number of ether oxygens (including phenoxy) is 2. The molecule has 3 aromatic rings. The van der Waals surface area contributed by atoms with Crippen LogP contribution in [0.3, 0.4) is 0 Å². The maximum atomic E-state index is 15.1. The molecule has 12 nitrogen and oxygen atoms in total. The molecule has 0 radical (unpaired) electrons. The van der Waals surface area contributed by atoms with Crippen molar-refractivity contribution >= 4 is 40.6 Å². The third-order valence-electron chi connectivity index (χ3n) is 6.41. The van der Waals surface area contributed by atoms with Crippen LogP contribution >= 0.6 is 11.6 Å². The van der Waals surface area contributed by atoms with Crippen molar-refractivity contribution in [3.63, 3.8) is 0 Å². The summed E-state index contributed by atoms with van der Waals surface area (Å²) < 4.78 is 27.0. The molecule has 0 spiro atoms. The predicted molar refractivity (Wildman–Crippen MR) is 167 cm³/mol. The monoisotopic (exact) mass is 624 g/mol. The minimum atomic E-state index is -1.20. The van der Waals surface area contributed by atoms with Gasteiger partial charge in [0.1, 0.15) is 29.0 Å². The Balaban J connectivity index is 2.40. The number of benzene rings is 1. The maximum absolute atomic E-state index is 15.1. The van der Waals surface area contributed by atoms with Gasteiger partial charge in [-0.3, -0.25) is 10.2 Å². The molecule has 14 heteroatoms. The highest BCUT2D eigenvalue weighted by atomic mass is 35.5. The fourth-order valence-corrected chi connectivity index (χ4v) is 4.54. The normalized spacial score (nSPS) is 12.1. The molecule has 3 rings (SSSR count). The Morgan fingerprint density at radius 1 is 1.27 bits per heavy atom. The molecule has 0 saturated carbocycles. The molecule has 0 saturated heterocycles. The third kappa shape index (κ3) is 7.51. The molecule has 0 fully saturated rings. The highest BCUT2D eigenvalue weighted by molar-refractivity contribution is 6.42. The topological polar surface area (TPSA) is 158 Å². The number of pyridine rings is 1. The van der Waals surface area contributed by atoms with Crippen LogP contribution in [0.4, 0.5) is 21.7 Å². The summed E-state index contributed by atoms with van der Waals surface area (Å²) in [4.78, 5) is 36.8. The second kappa shape index (κ2) is 14.5. The number of aromatic nitrogens is 3. The highest BCUT2D eigenvalue weighted by Gasteiger charge is 2.32. The van der Waals surface area contributed by atoms with Crippen LogP contribution in [0.15, 0.2) is 52.7 Å². The number of nitriles is 1. The predicted octanol–water partition coefficient (Wildman–Crippen LogP) is 4.67. The summed E-state index contributed by atoms with van der Waals surface area (Å²) in [5.41, 5.74) is -0.339. The van der Waals surface area contributed by atoms with Gasteiger partial charge in [-0.25, -0.2) is 14.2 Å². The Morgan fingerprint density at radius 3 is 2.55 bits per heavy atom. The summed E-state index contributed by atoms with van der Waals surface area (Å²) in [5, 5.41) is 24.9. The number of rotatable bonds is 12. The smallest absolute Gasteiger partial charge is 0.356 e. The van der Waals surface area contributed by atoms with Gasteiger partial charge in [-0.2, -0.15) is 10.2 Å². The Morgan fingerprint density at radius 2 is 1.98 bits per heavy atom. The Bertz CT molecular complexity index is 1700. The van der Waals surface area contributed by atoms with Crippen molar-refractivity contribution in [3.05, 3.63) is 80.2 Å². The molecule has 0 amide bonds. The molecular weight excluding hydrogens is 591 g/mol. The first-order valence-electron chi connectivity index (χ1n) is 13.5. The van der Waals surface area contributed by atoms with Gasteiger partial charge in [0.15, 0.2) is 0 Å². The van der Waals surface area contributed by atoms with Gasteiger partial charge in [0.25, 0.3) is 5.56 Å². The van der Waals surface area contributed by atoms with Crippen molar-refractivity contribution in [2.75, 3.05) is 43.3 Å². The molecular formula is C30H34ClFN8O4. The summed E-state index contributed by atoms with van der Waals surface area (Å²) in [7, 11) is 6.49. The van der Waals surface area contributed by atoms with Crippen LogP contribution in [0.1, 0.15) is 37.9 Å². The lowest BCUT2D eigenvalue weighted by Crippen LogP contribution is -2.32. The number of nitrogens with zero attached hydrogens (tertiary/aromatic N) is 5. The molecule has 1 unspecified atom stereocenters. The number of methoxy groups -OCH3 is 1. The van der Waals surface area contributed by atoms with Gasteiger partial charge in [-0.15, -0.1) is 0 Å². The molecule has 2 heterocycles. The number of esters is 1. The zero-order valence-corrected chi connectivity index (χ0v) is 26.2. The maximum Gasteiger partial charge on any atom is 0.356 e. The van der Waals surface area contributed by atoms with E-state index in [0.29, 0.717) is 17.3 Å². The van der Waals surface area contributed by atoms with E-state index in [0.717, 1.165) is 6.07 Å². The quantitative estimate of drug-likeness (QED) is 0.191. The first-order chi connectivity index (χ1) is 20.8. The van der Waals surface area contributed by atoms with Gasteiger partial charge in [-0.05, 0) is 36.6 Å². The Hall–Kier alpha value is -4.96. The van der Waals surface area contributed by atoms with Crippen molar-refractivity contribution < 1.29 is 18.7 Å². The number of anilines is 3. The van der Waals surface area contributed by atoms with E-state index in [1.54, 1.807) is 32.0 Å². The van der Waals surface area contributed by atoms with Crippen molar-refractivity contribution in [1.29, 1.82) is 10.7 Å². The number of allylic oxidation sites excluding steroid dienone is 1. The van der Waals surface area contributed by atoms with Gasteiger partial charge < -0.3 is 29.6 Å². The van der Waals surface area contributed by atoms with E-state index in [2.05, 4.69) is 20.6 Å². The second-order valence-electron chi connectivity index (χ2n) is 10.1. The first kappa shape index (κ1) is 33.5. The molecule has 0 aliphatic rings. The van der Waals surface area contributed by atoms with Gasteiger partial charge in [0.2, 0.25) is 11.8 Å². The standard InChI is InChI=1S/C30H34ClFN8O4/c1-8-44-29(42)24(34)23(25(16(2)3)37-22-14-35-30(39(4)5)38-27(22)43-7)26(17-9-10-18(13-33)20(32)11-17)36-21-12-19(31)15-40(6)28(21)41/h9-12,14-16,26,34,36-37H,8H2,1-7H3/b25-23+,34-24?. The zero-order chi connectivity index (χ0) is 32.7. The summed E-state index contributed by atoms with van der Waals surface area (Å²) in [6.45, 7) is 5.23. The molecule has 3 N–H and O–H groups in total. The average molecular weight is 625 g/mol. The first-order valence-corrected chi connectivity index (χ1v) is 13.9. The summed E-state index contributed by atoms with van der Waals surface area (Å²) >= 11 is 6.27. The van der Waals surface area contributed by atoms with Gasteiger partial charge in [0, 0.05) is 38.6 Å². The molecule has 0 aliphatic carbocycles. The minimum Gasteiger partial charge on any atom is -0.479 e. The average Bonchev–Trinajstić information content (AvgIpc) is 2.98. The van der Waals surface area contributed by atoms with E-state index in [4.69, 9.17) is 26.5 Å². The van der Waals surface area contributed by atoms with E-state index in [-0.39, 0.29) is 39.9 Å². The summed E-state index contributed by atoms with van der Waals surface area (Å²) in [6.07, 6.45) is 2.92. The van der Waals surface area contributed by atoms with Crippen molar-refractivity contribution in [2.45, 2.75) is 26.8 Å². The van der Waals surface area contributed by atoms with Crippen LogP contribution in [0.25, 0.3) is 0 Å². The van der Waals surface area contributed by atoms with Crippen molar-refractivity contribution in [3.8, 4) is 11.9 Å². The van der Waals surface area contributed by atoms with Crippen molar-refractivity contribution in [2.24, 2.45) is 13.0 Å². The van der Waals surface area contributed by atoms with Crippen LogP contribution < -0.4 is 25.8 Å². The lowest BCUT2D eigenvalue weighted by molar-refractivity contribution is -0.135. The number of carbonyl (C=O) groups is 1. The number of aryl methyl sites for hydroxylation is 1. The fourth-order valence-electron chi connectivity index (χ4n) is 4.28. The zero-order valence-electron chi connectivity index (χ0n) is 25.5. The molecule has 232 valence electrons. The molecule has 44 heavy (non-hydrogen) atoms. The lowest BCUT2D eigenvalue weighted by atomic mass is 9.88. The second-order valence-corrected chi connectivity index (χ2v) is 10.5. The third-order valence-corrected chi connectivity index (χ3v) is 6.61. The largest absolute Gasteiger partial charge is 0.479 e. The lowest BCUT2D eigenvalue weighted by Gasteiger charge is -2.29. The number of nitrogens with one attached hydrogen (secondary N) is 3. The van der Waals surface area contributed by atoms with E-state index in [1.807, 2.05) is 13.8 Å². The Kier molecular flexibility index (Phi) is 11.0. The minimum absolute atomic E-state index is 0.00891. The molecule has 1 aromatic carbocycles. The molecule has 1 atom stereocenters. The van der Waals surface area contributed by atoms with Crippen LogP contribution in [-0.4, -0.2) is 54.0 Å². The van der Waals surface area contributed by atoms with Crippen LogP contribution in [0.5, 0.6) is 5.88 Å².